The Bertz CT molecular complexity index is 1250. The molecule has 11 heteroatoms. The minimum Gasteiger partial charge on any atom is -0.495 e. The number of rotatable bonds is 10. The predicted octanol–water partition coefficient (Wildman–Crippen LogP) is 4.80. The van der Waals surface area contributed by atoms with Gasteiger partial charge in [-0.15, -0.1) is 0 Å². The van der Waals surface area contributed by atoms with Crippen LogP contribution in [0.25, 0.3) is 0 Å². The SMILES string of the molecule is CC[C@H](C(=O)NC(C)(C)C)N(Cc1ccc(Cl)cc1Cl)C(=O)CN(c1cc(C)ccc1OC)S(C)(=O)=O. The standard InChI is InChI=1S/C26H35Cl2N3O5S/c1-8-21(25(33)29-26(3,4)5)30(15-18-10-11-19(27)14-20(18)28)24(32)16-31(37(7,34)35)22-13-17(2)9-12-23(22)36-6/h9-14,21H,8,15-16H2,1-7H3,(H,29,33)/t21-/m1/s1. The second-order valence-electron chi connectivity index (χ2n) is 9.87. The first-order valence-corrected chi connectivity index (χ1v) is 14.4. The van der Waals surface area contributed by atoms with Gasteiger partial charge in [-0.2, -0.15) is 0 Å². The van der Waals surface area contributed by atoms with Crippen molar-refractivity contribution in [3.05, 3.63) is 57.6 Å². The normalized spacial score (nSPS) is 12.6. The van der Waals surface area contributed by atoms with Gasteiger partial charge in [0.2, 0.25) is 21.8 Å². The van der Waals surface area contributed by atoms with Crippen molar-refractivity contribution in [2.45, 2.75) is 59.2 Å². The number of nitrogens with one attached hydrogen (secondary N) is 1. The maximum atomic E-state index is 13.8. The molecule has 204 valence electrons. The van der Waals surface area contributed by atoms with E-state index >= 15 is 0 Å². The van der Waals surface area contributed by atoms with Crippen LogP contribution in [0.1, 0.15) is 45.2 Å². The Balaban J connectivity index is 2.57. The molecule has 0 fully saturated rings. The molecule has 2 amide bonds. The molecular weight excluding hydrogens is 537 g/mol. The number of carbonyl (C=O) groups excluding carboxylic acids is 2. The van der Waals surface area contributed by atoms with Crippen LogP contribution in [0, 0.1) is 6.92 Å². The highest BCUT2D eigenvalue weighted by Gasteiger charge is 2.34. The van der Waals surface area contributed by atoms with Crippen LogP contribution in [0.15, 0.2) is 36.4 Å². The zero-order chi connectivity index (χ0) is 28.1. The van der Waals surface area contributed by atoms with Crippen molar-refractivity contribution in [2.24, 2.45) is 0 Å². The number of hydrogen-bond donors (Lipinski definition) is 1. The van der Waals surface area contributed by atoms with Crippen LogP contribution < -0.4 is 14.4 Å². The fourth-order valence-corrected chi connectivity index (χ4v) is 5.11. The van der Waals surface area contributed by atoms with E-state index in [0.29, 0.717) is 27.8 Å². The van der Waals surface area contributed by atoms with E-state index in [1.807, 2.05) is 27.7 Å². The van der Waals surface area contributed by atoms with Crippen LogP contribution in [-0.2, 0) is 26.2 Å². The first kappa shape index (κ1) is 30.7. The number of nitrogens with zero attached hydrogens (tertiary/aromatic N) is 2. The van der Waals surface area contributed by atoms with Gasteiger partial charge in [0.15, 0.2) is 0 Å². The van der Waals surface area contributed by atoms with Crippen molar-refractivity contribution in [2.75, 3.05) is 24.2 Å². The highest BCUT2D eigenvalue weighted by Crippen LogP contribution is 2.31. The summed E-state index contributed by atoms with van der Waals surface area (Å²) in [4.78, 5) is 28.5. The summed E-state index contributed by atoms with van der Waals surface area (Å²) in [5, 5.41) is 3.68. The van der Waals surface area contributed by atoms with Crippen LogP contribution in [-0.4, -0.2) is 56.6 Å². The summed E-state index contributed by atoms with van der Waals surface area (Å²) in [5.41, 5.74) is 1.05. The largest absolute Gasteiger partial charge is 0.495 e. The molecule has 2 rings (SSSR count). The van der Waals surface area contributed by atoms with E-state index in [1.165, 1.54) is 12.0 Å². The summed E-state index contributed by atoms with van der Waals surface area (Å²) in [6.07, 6.45) is 1.32. The zero-order valence-electron chi connectivity index (χ0n) is 22.3. The molecule has 0 bridgehead atoms. The first-order valence-electron chi connectivity index (χ1n) is 11.7. The first-order chi connectivity index (χ1) is 17.1. The lowest BCUT2D eigenvalue weighted by Crippen LogP contribution is -2.55. The number of benzene rings is 2. The Labute approximate surface area is 229 Å². The van der Waals surface area contributed by atoms with Gasteiger partial charge >= 0.3 is 0 Å². The average Bonchev–Trinajstić information content (AvgIpc) is 2.76. The zero-order valence-corrected chi connectivity index (χ0v) is 24.6. The summed E-state index contributed by atoms with van der Waals surface area (Å²) < 4.78 is 32.1. The Morgan fingerprint density at radius 1 is 1.11 bits per heavy atom. The lowest BCUT2D eigenvalue weighted by molar-refractivity contribution is -0.141. The molecule has 1 atom stereocenters. The van der Waals surface area contributed by atoms with E-state index in [2.05, 4.69) is 5.32 Å². The Morgan fingerprint density at radius 3 is 2.27 bits per heavy atom. The molecule has 2 aromatic carbocycles. The molecule has 2 aromatic rings. The molecule has 0 spiro atoms. The Morgan fingerprint density at radius 2 is 1.76 bits per heavy atom. The summed E-state index contributed by atoms with van der Waals surface area (Å²) in [7, 11) is -2.48. The molecule has 0 aromatic heterocycles. The summed E-state index contributed by atoms with van der Waals surface area (Å²) in [5.74, 6) is -0.628. The van der Waals surface area contributed by atoms with E-state index in [9.17, 15) is 18.0 Å². The van der Waals surface area contributed by atoms with Crippen molar-refractivity contribution >= 4 is 50.7 Å². The monoisotopic (exact) mass is 571 g/mol. The maximum Gasteiger partial charge on any atom is 0.244 e. The van der Waals surface area contributed by atoms with Gasteiger partial charge in [0.25, 0.3) is 0 Å². The summed E-state index contributed by atoms with van der Waals surface area (Å²) in [6.45, 7) is 8.56. The molecule has 0 saturated heterocycles. The second kappa shape index (κ2) is 12.4. The van der Waals surface area contributed by atoms with Crippen LogP contribution >= 0.6 is 23.2 Å². The van der Waals surface area contributed by atoms with Crippen molar-refractivity contribution in [3.63, 3.8) is 0 Å². The number of amides is 2. The van der Waals surface area contributed by atoms with Gasteiger partial charge in [0.05, 0.1) is 19.1 Å². The minimum atomic E-state index is -3.90. The highest BCUT2D eigenvalue weighted by molar-refractivity contribution is 7.92. The van der Waals surface area contributed by atoms with Crippen molar-refractivity contribution in [1.29, 1.82) is 0 Å². The van der Waals surface area contributed by atoms with E-state index in [4.69, 9.17) is 27.9 Å². The van der Waals surface area contributed by atoms with E-state index in [1.54, 1.807) is 43.3 Å². The third-order valence-corrected chi connectivity index (χ3v) is 7.24. The third kappa shape index (κ3) is 8.51. The summed E-state index contributed by atoms with van der Waals surface area (Å²) >= 11 is 12.4. The molecular formula is C26H35Cl2N3O5S. The molecule has 8 nitrogen and oxygen atoms in total. The van der Waals surface area contributed by atoms with Crippen LogP contribution in [0.4, 0.5) is 5.69 Å². The van der Waals surface area contributed by atoms with E-state index < -0.39 is 34.1 Å². The van der Waals surface area contributed by atoms with Gasteiger partial charge < -0.3 is 15.0 Å². The number of hydrogen-bond acceptors (Lipinski definition) is 5. The molecule has 0 radical (unpaired) electrons. The van der Waals surface area contributed by atoms with Gasteiger partial charge in [-0.3, -0.25) is 13.9 Å². The Hall–Kier alpha value is -2.49. The molecule has 0 aliphatic heterocycles. The van der Waals surface area contributed by atoms with Crippen LogP contribution in [0.3, 0.4) is 0 Å². The van der Waals surface area contributed by atoms with Gasteiger partial charge in [-0.05, 0) is 69.5 Å². The fourth-order valence-electron chi connectivity index (χ4n) is 3.80. The lowest BCUT2D eigenvalue weighted by atomic mass is 10.1. The smallest absolute Gasteiger partial charge is 0.244 e. The number of carbonyl (C=O) groups is 2. The molecule has 0 aliphatic carbocycles. The molecule has 0 heterocycles. The summed E-state index contributed by atoms with van der Waals surface area (Å²) in [6, 6.07) is 9.06. The average molecular weight is 573 g/mol. The van der Waals surface area contributed by atoms with E-state index in [-0.39, 0.29) is 18.1 Å². The van der Waals surface area contributed by atoms with Crippen molar-refractivity contribution in [1.82, 2.24) is 10.2 Å². The molecule has 0 unspecified atom stereocenters. The number of sulfonamides is 1. The lowest BCUT2D eigenvalue weighted by Gasteiger charge is -2.35. The van der Waals surface area contributed by atoms with Crippen molar-refractivity contribution in [3.8, 4) is 5.75 Å². The quantitative estimate of drug-likeness (QED) is 0.442. The Kier molecular flexibility index (Phi) is 10.3. The molecule has 0 saturated carbocycles. The molecule has 0 aliphatic rings. The highest BCUT2D eigenvalue weighted by atomic mass is 35.5. The number of aryl methyl sites for hydroxylation is 1. The number of anilines is 1. The van der Waals surface area contributed by atoms with Crippen LogP contribution in [0.5, 0.6) is 5.75 Å². The number of halogens is 2. The number of ether oxygens (including phenoxy) is 1. The van der Waals surface area contributed by atoms with Gasteiger partial charge in [-0.25, -0.2) is 8.42 Å². The second-order valence-corrected chi connectivity index (χ2v) is 12.6. The van der Waals surface area contributed by atoms with Crippen molar-refractivity contribution < 1.29 is 22.7 Å². The predicted molar refractivity (Wildman–Crippen MR) is 149 cm³/mol. The number of methoxy groups -OCH3 is 1. The van der Waals surface area contributed by atoms with Gasteiger partial charge in [-0.1, -0.05) is 42.3 Å². The molecule has 37 heavy (non-hydrogen) atoms. The van der Waals surface area contributed by atoms with Crippen LogP contribution in [0.2, 0.25) is 10.0 Å². The molecule has 1 N–H and O–H groups in total. The van der Waals surface area contributed by atoms with Gasteiger partial charge in [0, 0.05) is 22.1 Å². The van der Waals surface area contributed by atoms with E-state index in [0.717, 1.165) is 16.1 Å². The van der Waals surface area contributed by atoms with Gasteiger partial charge in [0.1, 0.15) is 18.3 Å². The fraction of sp³-hybridized carbons (Fsp3) is 0.462. The third-order valence-electron chi connectivity index (χ3n) is 5.52. The minimum absolute atomic E-state index is 0.0204. The topological polar surface area (TPSA) is 96.0 Å². The maximum absolute atomic E-state index is 13.8.